The van der Waals surface area contributed by atoms with Crippen molar-refractivity contribution in [1.29, 1.82) is 0 Å². The van der Waals surface area contributed by atoms with Gasteiger partial charge in [-0.1, -0.05) is 12.1 Å². The van der Waals surface area contributed by atoms with Crippen LogP contribution in [0.25, 0.3) is 11.0 Å². The summed E-state index contributed by atoms with van der Waals surface area (Å²) in [6, 6.07) is 12.2. The summed E-state index contributed by atoms with van der Waals surface area (Å²) in [6.07, 6.45) is -0.324. The number of rotatable bonds is 6. The second-order valence-electron chi connectivity index (χ2n) is 6.35. The predicted molar refractivity (Wildman–Crippen MR) is 99.7 cm³/mol. The summed E-state index contributed by atoms with van der Waals surface area (Å²) >= 11 is 0. The molecule has 0 aliphatic rings. The molecule has 3 aromatic rings. The topological polar surface area (TPSA) is 93.7 Å². The molecule has 0 bridgehead atoms. The molecule has 0 radical (unpaired) electrons. The summed E-state index contributed by atoms with van der Waals surface area (Å²) in [5.41, 5.74) is 0.400. The molecule has 7 nitrogen and oxygen atoms in total. The monoisotopic (exact) mass is 370 g/mol. The molecule has 2 atom stereocenters. The number of carbonyl (C=O) groups is 1. The van der Waals surface area contributed by atoms with E-state index in [1.807, 2.05) is 25.1 Å². The normalized spacial score (nSPS) is 14.4. The van der Waals surface area contributed by atoms with Gasteiger partial charge < -0.3 is 24.3 Å². The number of nitrogens with one attached hydrogen (secondary N) is 1. The first-order chi connectivity index (χ1) is 12.8. The highest BCUT2D eigenvalue weighted by Crippen LogP contribution is 2.27. The summed E-state index contributed by atoms with van der Waals surface area (Å²) in [5, 5.41) is 10.3. The first-order valence-corrected chi connectivity index (χ1v) is 8.46. The lowest BCUT2D eigenvalue weighted by Gasteiger charge is -2.21. The van der Waals surface area contributed by atoms with E-state index in [-0.39, 0.29) is 6.10 Å². The maximum Gasteiger partial charge on any atom is 0.342 e. The van der Waals surface area contributed by atoms with Crippen molar-refractivity contribution in [2.24, 2.45) is 0 Å². The highest BCUT2D eigenvalue weighted by Gasteiger charge is 2.33. The van der Waals surface area contributed by atoms with Gasteiger partial charge in [0.2, 0.25) is 0 Å². The third kappa shape index (κ3) is 3.73. The number of esters is 1. The van der Waals surface area contributed by atoms with Gasteiger partial charge in [-0.05, 0) is 43.7 Å². The molecule has 0 saturated carbocycles. The molecule has 0 aliphatic carbocycles. The fourth-order valence-electron chi connectivity index (χ4n) is 2.76. The Balaban J connectivity index is 1.76. The molecule has 2 aromatic carbocycles. The van der Waals surface area contributed by atoms with E-state index >= 15 is 0 Å². The van der Waals surface area contributed by atoms with Crippen LogP contribution in [0.15, 0.2) is 42.5 Å². The fraction of sp³-hybridized carbons (Fsp3) is 0.300. The molecule has 3 rings (SSSR count). The van der Waals surface area contributed by atoms with Crippen molar-refractivity contribution in [3.8, 4) is 11.5 Å². The molecule has 7 heteroatoms. The highest BCUT2D eigenvalue weighted by atomic mass is 16.5. The smallest absolute Gasteiger partial charge is 0.342 e. The quantitative estimate of drug-likeness (QED) is 0.648. The van der Waals surface area contributed by atoms with E-state index in [9.17, 15) is 9.90 Å². The number of hydrogen-bond donors (Lipinski definition) is 2. The molecule has 0 amide bonds. The molecule has 142 valence electrons. The van der Waals surface area contributed by atoms with Crippen LogP contribution in [0.4, 0.5) is 0 Å². The minimum Gasteiger partial charge on any atom is -0.497 e. The Morgan fingerprint density at radius 1 is 1.15 bits per heavy atom. The number of ether oxygens (including phenoxy) is 3. The van der Waals surface area contributed by atoms with Crippen LogP contribution in [0.1, 0.15) is 31.3 Å². The summed E-state index contributed by atoms with van der Waals surface area (Å²) in [7, 11) is 2.85. The molecule has 2 N–H and O–H groups in total. The maximum atomic E-state index is 11.7. The third-order valence-corrected chi connectivity index (χ3v) is 4.40. The van der Waals surface area contributed by atoms with Crippen molar-refractivity contribution in [3.05, 3.63) is 53.9 Å². The number of aliphatic hydroxyl groups is 1. The average Bonchev–Trinajstić information content (AvgIpc) is 3.11. The summed E-state index contributed by atoms with van der Waals surface area (Å²) < 4.78 is 15.8. The number of carbonyl (C=O) groups excluding carboxylic acids is 1. The molecule has 0 fully saturated rings. The minimum atomic E-state index is -1.71. The van der Waals surface area contributed by atoms with Gasteiger partial charge in [0.1, 0.15) is 17.3 Å². The van der Waals surface area contributed by atoms with Gasteiger partial charge in [0, 0.05) is 6.07 Å². The number of benzene rings is 2. The fourth-order valence-corrected chi connectivity index (χ4v) is 2.76. The number of hydrogen-bond acceptors (Lipinski definition) is 6. The molecule has 1 aromatic heterocycles. The van der Waals surface area contributed by atoms with Crippen LogP contribution in [0.2, 0.25) is 0 Å². The number of imidazole rings is 1. The largest absolute Gasteiger partial charge is 0.497 e. The van der Waals surface area contributed by atoms with Gasteiger partial charge in [-0.2, -0.15) is 0 Å². The van der Waals surface area contributed by atoms with Crippen molar-refractivity contribution < 1.29 is 24.1 Å². The number of aromatic nitrogens is 2. The van der Waals surface area contributed by atoms with E-state index < -0.39 is 11.6 Å². The molecular formula is C20H22N2O5. The van der Waals surface area contributed by atoms with Gasteiger partial charge in [0.15, 0.2) is 11.7 Å². The van der Waals surface area contributed by atoms with Gasteiger partial charge in [-0.25, -0.2) is 9.78 Å². The molecular weight excluding hydrogens is 348 g/mol. The lowest BCUT2D eigenvalue weighted by atomic mass is 9.96. The predicted octanol–water partition coefficient (Wildman–Crippen LogP) is 3.09. The lowest BCUT2D eigenvalue weighted by Crippen LogP contribution is -2.33. The second kappa shape index (κ2) is 7.28. The number of methoxy groups -OCH3 is 2. The van der Waals surface area contributed by atoms with Gasteiger partial charge in [-0.15, -0.1) is 0 Å². The van der Waals surface area contributed by atoms with E-state index in [1.165, 1.54) is 14.0 Å². The Labute approximate surface area is 156 Å². The van der Waals surface area contributed by atoms with E-state index in [0.717, 1.165) is 16.8 Å². The number of nitrogens with zero attached hydrogens (tertiary/aromatic N) is 1. The zero-order valence-corrected chi connectivity index (χ0v) is 15.6. The Bertz CT molecular complexity index is 947. The van der Waals surface area contributed by atoms with Gasteiger partial charge in [0.05, 0.1) is 25.3 Å². The van der Waals surface area contributed by atoms with Crippen molar-refractivity contribution in [1.82, 2.24) is 9.97 Å². The van der Waals surface area contributed by atoms with Gasteiger partial charge in [0.25, 0.3) is 0 Å². The zero-order valence-electron chi connectivity index (χ0n) is 15.6. The molecule has 1 heterocycles. The Kier molecular flexibility index (Phi) is 5.05. The summed E-state index contributed by atoms with van der Waals surface area (Å²) in [4.78, 5) is 19.5. The highest BCUT2D eigenvalue weighted by molar-refractivity contribution is 5.80. The van der Waals surface area contributed by atoms with Crippen LogP contribution in [0.5, 0.6) is 11.5 Å². The number of H-pyrrole nitrogens is 1. The van der Waals surface area contributed by atoms with Crippen LogP contribution in [-0.2, 0) is 15.1 Å². The van der Waals surface area contributed by atoms with Gasteiger partial charge in [-0.3, -0.25) is 0 Å². The molecule has 2 unspecified atom stereocenters. The second-order valence-corrected chi connectivity index (χ2v) is 6.35. The van der Waals surface area contributed by atoms with Crippen molar-refractivity contribution in [3.63, 3.8) is 0 Å². The van der Waals surface area contributed by atoms with Crippen LogP contribution in [0, 0.1) is 0 Å². The minimum absolute atomic E-state index is 0.324. The first kappa shape index (κ1) is 18.7. The standard InChI is InChI=1S/C20H22N2O5/c1-12(18-21-16-10-9-15(25-3)11-17(16)22-18)27-14-7-5-13(6-8-14)20(2,24)19(23)26-4/h5-12,24H,1-4H3,(H,21,22). The molecule has 27 heavy (non-hydrogen) atoms. The number of aromatic amines is 1. The molecule has 0 aliphatic heterocycles. The maximum absolute atomic E-state index is 11.7. The van der Waals surface area contributed by atoms with Crippen LogP contribution < -0.4 is 9.47 Å². The number of fused-ring (bicyclic) bond motifs is 1. The molecule has 0 saturated heterocycles. The van der Waals surface area contributed by atoms with E-state index in [2.05, 4.69) is 14.7 Å². The van der Waals surface area contributed by atoms with Crippen molar-refractivity contribution in [2.75, 3.05) is 14.2 Å². The Morgan fingerprint density at radius 3 is 2.44 bits per heavy atom. The van der Waals surface area contributed by atoms with Crippen molar-refractivity contribution in [2.45, 2.75) is 25.6 Å². The van der Waals surface area contributed by atoms with E-state index in [1.54, 1.807) is 31.4 Å². The average molecular weight is 370 g/mol. The van der Waals surface area contributed by atoms with Crippen molar-refractivity contribution >= 4 is 17.0 Å². The van der Waals surface area contributed by atoms with E-state index in [4.69, 9.17) is 9.47 Å². The lowest BCUT2D eigenvalue weighted by molar-refractivity contribution is -0.161. The third-order valence-electron chi connectivity index (χ3n) is 4.40. The summed E-state index contributed by atoms with van der Waals surface area (Å²) in [6.45, 7) is 3.27. The SMILES string of the molecule is COC(=O)C(C)(O)c1ccc(OC(C)c2nc3ccc(OC)cc3[nH]2)cc1. The Hall–Kier alpha value is -3.06. The Morgan fingerprint density at radius 2 is 1.81 bits per heavy atom. The first-order valence-electron chi connectivity index (χ1n) is 8.46. The van der Waals surface area contributed by atoms with E-state index in [0.29, 0.717) is 17.1 Å². The van der Waals surface area contributed by atoms with Gasteiger partial charge >= 0.3 is 5.97 Å². The summed E-state index contributed by atoms with van der Waals surface area (Å²) in [5.74, 6) is 1.30. The van der Waals surface area contributed by atoms with Crippen LogP contribution >= 0.6 is 0 Å². The van der Waals surface area contributed by atoms with Crippen LogP contribution in [-0.4, -0.2) is 35.3 Å². The zero-order chi connectivity index (χ0) is 19.6. The van der Waals surface area contributed by atoms with Crippen LogP contribution in [0.3, 0.4) is 0 Å². The molecule has 0 spiro atoms.